The predicted molar refractivity (Wildman–Crippen MR) is 105 cm³/mol. The number of para-hydroxylation sites is 2. The molecule has 1 aliphatic carbocycles. The minimum atomic E-state index is -1.08. The quantitative estimate of drug-likeness (QED) is 0.721. The van der Waals surface area contributed by atoms with E-state index in [1.807, 2.05) is 0 Å². The molecule has 9 heteroatoms. The molecule has 2 atom stereocenters. The van der Waals surface area contributed by atoms with Crippen molar-refractivity contribution in [3.05, 3.63) is 40.3 Å². The molecular formula is C20H20N2O6S. The minimum Gasteiger partial charge on any atom is -0.485 e. The van der Waals surface area contributed by atoms with E-state index in [1.165, 1.54) is 18.3 Å². The molecule has 0 unspecified atom stereocenters. The Labute approximate surface area is 170 Å². The smallest absolute Gasteiger partial charge is 0.351 e. The number of anilines is 1. The van der Waals surface area contributed by atoms with Gasteiger partial charge < -0.3 is 25.3 Å². The number of amides is 2. The highest BCUT2D eigenvalue weighted by molar-refractivity contribution is 7.17. The maximum atomic E-state index is 12.5. The SMILES string of the molecule is C[C@H](OC(=O)[C@H]1COc2ccccc2O1)C(=O)Nc1sc2c(c1C(N)=O)CCC2. The summed E-state index contributed by atoms with van der Waals surface area (Å²) < 4.78 is 16.3. The minimum absolute atomic E-state index is 0.00630. The summed E-state index contributed by atoms with van der Waals surface area (Å²) in [5.74, 6) is -0.830. The summed E-state index contributed by atoms with van der Waals surface area (Å²) in [6.45, 7) is 1.45. The summed E-state index contributed by atoms with van der Waals surface area (Å²) in [7, 11) is 0. The molecule has 2 amide bonds. The molecule has 1 aromatic heterocycles. The van der Waals surface area contributed by atoms with E-state index in [4.69, 9.17) is 19.9 Å². The molecule has 0 saturated heterocycles. The zero-order valence-corrected chi connectivity index (χ0v) is 16.5. The van der Waals surface area contributed by atoms with Gasteiger partial charge in [0.2, 0.25) is 6.10 Å². The molecule has 152 valence electrons. The number of ether oxygens (including phenoxy) is 3. The molecule has 8 nitrogen and oxygen atoms in total. The average molecular weight is 416 g/mol. The Bertz CT molecular complexity index is 985. The van der Waals surface area contributed by atoms with E-state index in [0.717, 1.165) is 29.7 Å². The van der Waals surface area contributed by atoms with Crippen LogP contribution < -0.4 is 20.5 Å². The lowest BCUT2D eigenvalue weighted by Gasteiger charge is -2.25. The zero-order chi connectivity index (χ0) is 20.5. The lowest BCUT2D eigenvalue weighted by molar-refractivity contribution is -0.162. The maximum absolute atomic E-state index is 12.5. The van der Waals surface area contributed by atoms with Crippen molar-refractivity contribution >= 4 is 34.1 Å². The molecule has 4 rings (SSSR count). The second-order valence-electron chi connectivity index (χ2n) is 6.86. The first-order valence-electron chi connectivity index (χ1n) is 9.28. The lowest BCUT2D eigenvalue weighted by atomic mass is 10.1. The first-order chi connectivity index (χ1) is 13.9. The number of rotatable bonds is 5. The third-order valence-corrected chi connectivity index (χ3v) is 6.05. The number of carbonyl (C=O) groups is 3. The molecule has 2 aliphatic rings. The number of carbonyl (C=O) groups excluding carboxylic acids is 3. The van der Waals surface area contributed by atoms with Crippen molar-refractivity contribution in [2.45, 2.75) is 38.4 Å². The molecule has 0 saturated carbocycles. The Kier molecular flexibility index (Phi) is 5.14. The van der Waals surface area contributed by atoms with Gasteiger partial charge in [-0.3, -0.25) is 9.59 Å². The summed E-state index contributed by atoms with van der Waals surface area (Å²) in [5, 5.41) is 3.08. The number of nitrogens with one attached hydrogen (secondary N) is 1. The van der Waals surface area contributed by atoms with Crippen molar-refractivity contribution in [2.75, 3.05) is 11.9 Å². The Morgan fingerprint density at radius 2 is 2.00 bits per heavy atom. The van der Waals surface area contributed by atoms with Gasteiger partial charge >= 0.3 is 5.97 Å². The Balaban J connectivity index is 1.39. The molecule has 2 heterocycles. The van der Waals surface area contributed by atoms with Crippen LogP contribution in [0.3, 0.4) is 0 Å². The van der Waals surface area contributed by atoms with Gasteiger partial charge in [-0.2, -0.15) is 0 Å². The van der Waals surface area contributed by atoms with Crippen molar-refractivity contribution in [1.29, 1.82) is 0 Å². The van der Waals surface area contributed by atoms with Gasteiger partial charge in [-0.05, 0) is 43.9 Å². The van der Waals surface area contributed by atoms with Crippen molar-refractivity contribution in [3.63, 3.8) is 0 Å². The maximum Gasteiger partial charge on any atom is 0.351 e. The highest BCUT2D eigenvalue weighted by Crippen LogP contribution is 2.39. The van der Waals surface area contributed by atoms with E-state index in [-0.39, 0.29) is 6.61 Å². The number of fused-ring (bicyclic) bond motifs is 2. The summed E-state index contributed by atoms with van der Waals surface area (Å²) in [4.78, 5) is 37.8. The van der Waals surface area contributed by atoms with E-state index in [0.29, 0.717) is 22.1 Å². The molecular weight excluding hydrogens is 396 g/mol. The second kappa shape index (κ2) is 7.75. The van der Waals surface area contributed by atoms with Crippen LogP contribution in [-0.4, -0.2) is 36.6 Å². The molecule has 0 spiro atoms. The van der Waals surface area contributed by atoms with Crippen LogP contribution in [0.2, 0.25) is 0 Å². The molecule has 1 aromatic carbocycles. The van der Waals surface area contributed by atoms with Crippen molar-refractivity contribution < 1.29 is 28.6 Å². The summed E-state index contributed by atoms with van der Waals surface area (Å²) in [6, 6.07) is 6.99. The van der Waals surface area contributed by atoms with Crippen LogP contribution in [0.4, 0.5) is 5.00 Å². The largest absolute Gasteiger partial charge is 0.485 e. The van der Waals surface area contributed by atoms with E-state index < -0.39 is 30.0 Å². The van der Waals surface area contributed by atoms with Crippen LogP contribution in [0, 0.1) is 0 Å². The third kappa shape index (κ3) is 3.77. The predicted octanol–water partition coefficient (Wildman–Crippen LogP) is 2.05. The fourth-order valence-corrected chi connectivity index (χ4v) is 4.70. The Morgan fingerprint density at radius 1 is 1.24 bits per heavy atom. The Morgan fingerprint density at radius 3 is 2.76 bits per heavy atom. The molecule has 29 heavy (non-hydrogen) atoms. The van der Waals surface area contributed by atoms with Gasteiger partial charge in [0.25, 0.3) is 11.8 Å². The Hall–Kier alpha value is -3.07. The van der Waals surface area contributed by atoms with E-state index in [2.05, 4.69) is 5.32 Å². The van der Waals surface area contributed by atoms with Crippen LogP contribution in [0.25, 0.3) is 0 Å². The fourth-order valence-electron chi connectivity index (χ4n) is 3.41. The van der Waals surface area contributed by atoms with Gasteiger partial charge in [0.1, 0.15) is 11.6 Å². The van der Waals surface area contributed by atoms with Gasteiger partial charge in [0.05, 0.1) is 5.56 Å². The van der Waals surface area contributed by atoms with Gasteiger partial charge in [-0.1, -0.05) is 12.1 Å². The highest BCUT2D eigenvalue weighted by atomic mass is 32.1. The van der Waals surface area contributed by atoms with E-state index in [9.17, 15) is 14.4 Å². The van der Waals surface area contributed by atoms with Crippen LogP contribution >= 0.6 is 11.3 Å². The van der Waals surface area contributed by atoms with Gasteiger partial charge in [0.15, 0.2) is 17.6 Å². The van der Waals surface area contributed by atoms with Gasteiger partial charge in [0, 0.05) is 4.88 Å². The van der Waals surface area contributed by atoms with Crippen LogP contribution in [0.15, 0.2) is 24.3 Å². The number of benzene rings is 1. The topological polar surface area (TPSA) is 117 Å². The number of thiophene rings is 1. The number of aryl methyl sites for hydroxylation is 1. The molecule has 0 radical (unpaired) electrons. The monoisotopic (exact) mass is 416 g/mol. The number of esters is 1. The van der Waals surface area contributed by atoms with Crippen LogP contribution in [0.5, 0.6) is 11.5 Å². The fraction of sp³-hybridized carbons (Fsp3) is 0.350. The second-order valence-corrected chi connectivity index (χ2v) is 7.96. The number of primary amides is 1. The van der Waals surface area contributed by atoms with Crippen molar-refractivity contribution in [2.24, 2.45) is 5.73 Å². The van der Waals surface area contributed by atoms with Gasteiger partial charge in [-0.15, -0.1) is 11.3 Å². The average Bonchev–Trinajstić information content (AvgIpc) is 3.27. The van der Waals surface area contributed by atoms with E-state index in [1.54, 1.807) is 24.3 Å². The van der Waals surface area contributed by atoms with Crippen molar-refractivity contribution in [1.82, 2.24) is 0 Å². The zero-order valence-electron chi connectivity index (χ0n) is 15.7. The standard InChI is InChI=1S/C20H20N2O6S/c1-10(27-20(25)14-9-26-12-6-2-3-7-13(12)28-14)18(24)22-19-16(17(21)23)11-5-4-8-15(11)29-19/h2-3,6-7,10,14H,4-5,8-9H2,1H3,(H2,21,23)(H,22,24)/t10-,14+/m0/s1. The third-order valence-electron chi connectivity index (χ3n) is 4.84. The summed E-state index contributed by atoms with van der Waals surface area (Å²) in [6.07, 6.45) is 0.551. The highest BCUT2D eigenvalue weighted by Gasteiger charge is 2.32. The number of nitrogens with two attached hydrogens (primary N) is 1. The van der Waals surface area contributed by atoms with Crippen molar-refractivity contribution in [3.8, 4) is 11.5 Å². The molecule has 0 fully saturated rings. The normalized spacial score (nSPS) is 17.9. The van der Waals surface area contributed by atoms with Gasteiger partial charge in [-0.25, -0.2) is 4.79 Å². The van der Waals surface area contributed by atoms with Crippen LogP contribution in [0.1, 0.15) is 34.1 Å². The molecule has 0 bridgehead atoms. The summed E-state index contributed by atoms with van der Waals surface area (Å²) >= 11 is 1.34. The number of hydrogen-bond acceptors (Lipinski definition) is 7. The van der Waals surface area contributed by atoms with Crippen LogP contribution in [-0.2, 0) is 27.2 Å². The molecule has 1 aliphatic heterocycles. The summed E-state index contributed by atoms with van der Waals surface area (Å²) in [5.41, 5.74) is 6.77. The molecule has 2 aromatic rings. The lowest BCUT2D eigenvalue weighted by Crippen LogP contribution is -2.41. The molecule has 3 N–H and O–H groups in total. The number of hydrogen-bond donors (Lipinski definition) is 2. The first kappa shape index (κ1) is 19.3. The first-order valence-corrected chi connectivity index (χ1v) is 10.1. The van der Waals surface area contributed by atoms with E-state index >= 15 is 0 Å².